The van der Waals surface area contributed by atoms with Gasteiger partial charge in [-0.1, -0.05) is 44.2 Å². The Morgan fingerprint density at radius 2 is 1.97 bits per heavy atom. The average Bonchev–Trinajstić information content (AvgIpc) is 3.45. The Morgan fingerprint density at radius 1 is 1.24 bits per heavy atom. The van der Waals surface area contributed by atoms with Gasteiger partial charge in [0.25, 0.3) is 0 Å². The Hall–Kier alpha value is -3.59. The van der Waals surface area contributed by atoms with E-state index in [2.05, 4.69) is 21.5 Å². The van der Waals surface area contributed by atoms with Crippen molar-refractivity contribution in [2.75, 3.05) is 11.9 Å². The van der Waals surface area contributed by atoms with Crippen LogP contribution in [0.5, 0.6) is 0 Å². The molecule has 3 atom stereocenters. The zero-order valence-corrected chi connectivity index (χ0v) is 23.3. The first-order valence-corrected chi connectivity index (χ1v) is 16.0. The summed E-state index contributed by atoms with van der Waals surface area (Å²) in [5.74, 6) is -0.450. The lowest BCUT2D eigenvalue weighted by molar-refractivity contribution is -0.148. The summed E-state index contributed by atoms with van der Waals surface area (Å²) < 4.78 is 19.9. The molecular weight excluding hydrogens is 502 g/mol. The molecule has 4 rings (SSSR count). The highest BCUT2D eigenvalue weighted by molar-refractivity contribution is 6.69. The van der Waals surface area contributed by atoms with Crippen molar-refractivity contribution in [3.05, 3.63) is 60.0 Å². The summed E-state index contributed by atoms with van der Waals surface area (Å²) in [6.45, 7) is 9.70. The second-order valence-corrected chi connectivity index (χ2v) is 15.1. The van der Waals surface area contributed by atoms with Crippen LogP contribution in [0, 0.1) is 17.2 Å². The van der Waals surface area contributed by atoms with E-state index >= 15 is 0 Å². The van der Waals surface area contributed by atoms with Crippen molar-refractivity contribution >= 4 is 31.5 Å². The van der Waals surface area contributed by atoms with Gasteiger partial charge in [-0.25, -0.2) is 9.50 Å². The van der Waals surface area contributed by atoms with Crippen molar-refractivity contribution in [1.82, 2.24) is 14.6 Å². The number of amides is 1. The number of carbonyl (C=O) groups is 2. The first kappa shape index (κ1) is 27.4. The lowest BCUT2D eigenvalue weighted by atomic mass is 9.94. The van der Waals surface area contributed by atoms with Crippen LogP contribution < -0.4 is 5.32 Å². The summed E-state index contributed by atoms with van der Waals surface area (Å²) in [6, 6.07) is 15.2. The van der Waals surface area contributed by atoms with Crippen LogP contribution in [0.4, 0.5) is 5.82 Å². The lowest BCUT2D eigenvalue weighted by Crippen LogP contribution is -2.44. The molecule has 1 aliphatic rings. The second kappa shape index (κ2) is 11.0. The molecule has 38 heavy (non-hydrogen) atoms. The Labute approximate surface area is 223 Å². The van der Waals surface area contributed by atoms with E-state index in [9.17, 15) is 14.9 Å². The molecule has 11 heteroatoms. The van der Waals surface area contributed by atoms with Gasteiger partial charge in [-0.15, -0.1) is 0 Å². The van der Waals surface area contributed by atoms with Crippen LogP contribution in [0.15, 0.2) is 48.8 Å². The van der Waals surface area contributed by atoms with Crippen LogP contribution in [0.3, 0.4) is 0 Å². The van der Waals surface area contributed by atoms with Crippen molar-refractivity contribution in [2.24, 2.45) is 5.92 Å². The fraction of sp³-hybridized carbons (Fsp3) is 0.444. The van der Waals surface area contributed by atoms with Gasteiger partial charge in [0, 0.05) is 12.3 Å². The third-order valence-corrected chi connectivity index (χ3v) is 7.16. The average molecular weight is 536 g/mol. The van der Waals surface area contributed by atoms with Crippen molar-refractivity contribution in [3.63, 3.8) is 0 Å². The number of nitriles is 1. The van der Waals surface area contributed by atoms with Crippen LogP contribution in [0.1, 0.15) is 31.5 Å². The lowest BCUT2D eigenvalue weighted by Gasteiger charge is -2.32. The molecule has 1 aromatic carbocycles. The van der Waals surface area contributed by atoms with Gasteiger partial charge in [-0.2, -0.15) is 10.4 Å². The Kier molecular flexibility index (Phi) is 7.96. The molecule has 0 radical (unpaired) electrons. The maximum absolute atomic E-state index is 12.5. The van der Waals surface area contributed by atoms with Gasteiger partial charge in [0.1, 0.15) is 24.5 Å². The highest BCUT2D eigenvalue weighted by atomic mass is 28.4. The summed E-state index contributed by atoms with van der Waals surface area (Å²) in [6.07, 6.45) is 0.675. The molecule has 1 aliphatic heterocycles. The number of carbonyl (C=O) groups excluding carboxylic acids is 2. The molecule has 200 valence electrons. The first-order chi connectivity index (χ1) is 18.0. The van der Waals surface area contributed by atoms with Crippen LogP contribution in [0.25, 0.3) is 5.52 Å². The van der Waals surface area contributed by atoms with Crippen molar-refractivity contribution in [3.8, 4) is 6.07 Å². The van der Waals surface area contributed by atoms with E-state index < -0.39 is 26.1 Å². The van der Waals surface area contributed by atoms with E-state index in [-0.39, 0.29) is 30.8 Å². The number of anilines is 1. The number of nitrogens with one attached hydrogen (secondary N) is 1. The molecule has 1 fully saturated rings. The number of hydrogen-bond donors (Lipinski definition) is 1. The Bertz CT molecular complexity index is 1350. The number of hydrogen-bond acceptors (Lipinski definition) is 8. The SMILES string of the molecule is CC(C)C(=O)Nc1ncnn2c([C@]3(C#N)O[C@@H](COC(=O)Cc4ccccc4)C[C@H]3O[Si](C)(C)C)ccc12. The van der Waals surface area contributed by atoms with Gasteiger partial charge in [-0.05, 0) is 37.3 Å². The highest BCUT2D eigenvalue weighted by Gasteiger charge is 2.54. The molecule has 3 heterocycles. The summed E-state index contributed by atoms with van der Waals surface area (Å²) >= 11 is 0. The normalized spacial score (nSPS) is 21.4. The number of esters is 1. The molecule has 1 saturated heterocycles. The van der Waals surface area contributed by atoms with Crippen molar-refractivity contribution in [2.45, 2.75) is 64.1 Å². The van der Waals surface area contributed by atoms with Crippen LogP contribution in [-0.2, 0) is 35.5 Å². The topological polar surface area (TPSA) is 128 Å². The van der Waals surface area contributed by atoms with E-state index in [4.69, 9.17) is 13.9 Å². The fourth-order valence-electron chi connectivity index (χ4n) is 4.40. The van der Waals surface area contributed by atoms with E-state index in [0.29, 0.717) is 23.4 Å². The first-order valence-electron chi connectivity index (χ1n) is 12.6. The van der Waals surface area contributed by atoms with Gasteiger partial charge >= 0.3 is 5.97 Å². The number of ether oxygens (including phenoxy) is 2. The summed E-state index contributed by atoms with van der Waals surface area (Å²) in [5, 5.41) is 17.7. The number of nitrogens with zero attached hydrogens (tertiary/aromatic N) is 4. The second-order valence-electron chi connectivity index (χ2n) is 10.7. The smallest absolute Gasteiger partial charge is 0.310 e. The van der Waals surface area contributed by atoms with Crippen LogP contribution >= 0.6 is 0 Å². The third kappa shape index (κ3) is 5.93. The predicted molar refractivity (Wildman–Crippen MR) is 143 cm³/mol. The van der Waals surface area contributed by atoms with E-state index in [0.717, 1.165) is 5.56 Å². The van der Waals surface area contributed by atoms with E-state index in [1.165, 1.54) is 6.33 Å². The minimum atomic E-state index is -2.12. The molecule has 1 amide bonds. The molecule has 0 bridgehead atoms. The van der Waals surface area contributed by atoms with Crippen LogP contribution in [0.2, 0.25) is 19.6 Å². The van der Waals surface area contributed by atoms with E-state index in [1.807, 2.05) is 50.0 Å². The zero-order valence-electron chi connectivity index (χ0n) is 22.3. The fourth-order valence-corrected chi connectivity index (χ4v) is 5.52. The molecular formula is C27H33N5O5Si. The summed E-state index contributed by atoms with van der Waals surface area (Å²) in [5.41, 5.74) is 0.338. The van der Waals surface area contributed by atoms with Gasteiger partial charge < -0.3 is 19.2 Å². The standard InChI is InChI=1S/C27H33N5O5Si/c1-18(2)26(34)31-25-21-11-12-22(32(21)30-17-29-25)27(16-28)23(37-38(3,4)5)14-20(36-27)15-35-24(33)13-19-9-7-6-8-10-19/h6-12,17-18,20,23H,13-15H2,1-5H3,(H,29,30,31,34)/t20-,23-,27+/m1/s1. The van der Waals surface area contributed by atoms with E-state index in [1.54, 1.807) is 30.5 Å². The number of fused-ring (bicyclic) bond motifs is 1. The quantitative estimate of drug-likeness (QED) is 0.323. The molecule has 0 unspecified atom stereocenters. The van der Waals surface area contributed by atoms with Crippen molar-refractivity contribution in [1.29, 1.82) is 5.26 Å². The van der Waals surface area contributed by atoms with Gasteiger partial charge in [0.15, 0.2) is 14.1 Å². The van der Waals surface area contributed by atoms with Gasteiger partial charge in [0.05, 0.1) is 24.3 Å². The molecule has 10 nitrogen and oxygen atoms in total. The minimum absolute atomic E-state index is 0.00531. The number of rotatable bonds is 9. The zero-order chi connectivity index (χ0) is 27.5. The maximum atomic E-state index is 12.5. The summed E-state index contributed by atoms with van der Waals surface area (Å²) in [7, 11) is -2.12. The molecule has 0 saturated carbocycles. The Morgan fingerprint density at radius 3 is 2.63 bits per heavy atom. The largest absolute Gasteiger partial charge is 0.463 e. The highest BCUT2D eigenvalue weighted by Crippen LogP contribution is 2.43. The molecule has 2 aromatic heterocycles. The van der Waals surface area contributed by atoms with Gasteiger partial charge in [-0.3, -0.25) is 9.59 Å². The molecule has 3 aromatic rings. The molecule has 0 aliphatic carbocycles. The number of benzene rings is 1. The monoisotopic (exact) mass is 535 g/mol. The number of aromatic nitrogens is 3. The summed E-state index contributed by atoms with van der Waals surface area (Å²) in [4.78, 5) is 29.0. The maximum Gasteiger partial charge on any atom is 0.310 e. The molecule has 1 N–H and O–H groups in total. The molecule has 0 spiro atoms. The predicted octanol–water partition coefficient (Wildman–Crippen LogP) is 3.84. The Balaban J connectivity index is 1.61. The third-order valence-electron chi connectivity index (χ3n) is 6.16. The van der Waals surface area contributed by atoms with Crippen LogP contribution in [-0.4, -0.2) is 53.6 Å². The van der Waals surface area contributed by atoms with Crippen molar-refractivity contribution < 1.29 is 23.5 Å². The van der Waals surface area contributed by atoms with Gasteiger partial charge in [0.2, 0.25) is 11.5 Å². The minimum Gasteiger partial charge on any atom is -0.463 e.